The van der Waals surface area contributed by atoms with Gasteiger partial charge in [0.1, 0.15) is 0 Å². The molecule has 2 N–H and O–H groups in total. The number of alkyl halides is 3. The molecule has 10 heteroatoms. The first-order valence-corrected chi connectivity index (χ1v) is 18.4. The second-order valence-corrected chi connectivity index (χ2v) is 15.2. The normalized spacial score (nSPS) is 16.7. The zero-order chi connectivity index (χ0) is 35.5. The van der Waals surface area contributed by atoms with E-state index in [0.717, 1.165) is 63.4 Å². The summed E-state index contributed by atoms with van der Waals surface area (Å²) in [5.41, 5.74) is 2.91. The van der Waals surface area contributed by atoms with Gasteiger partial charge in [-0.25, -0.2) is 13.1 Å². The zero-order valence-corrected chi connectivity index (χ0v) is 29.8. The Labute approximate surface area is 285 Å². The lowest BCUT2D eigenvalue weighted by atomic mass is 9.86. The van der Waals surface area contributed by atoms with Crippen LogP contribution in [0.2, 0.25) is 0 Å². The molecule has 0 saturated carbocycles. The van der Waals surface area contributed by atoms with Crippen molar-refractivity contribution in [2.45, 2.75) is 91.4 Å². The minimum Gasteiger partial charge on any atom is -0.349 e. The number of sulfonamides is 1. The molecule has 48 heavy (non-hydrogen) atoms. The predicted molar refractivity (Wildman–Crippen MR) is 189 cm³/mol. The van der Waals surface area contributed by atoms with E-state index in [1.165, 1.54) is 18.1 Å². The summed E-state index contributed by atoms with van der Waals surface area (Å²) in [6, 6.07) is 13.8. The van der Waals surface area contributed by atoms with Crippen molar-refractivity contribution in [3.8, 4) is 0 Å². The minimum atomic E-state index is -4.77. The molecular formula is C38H52F3N3O3S. The van der Waals surface area contributed by atoms with Crippen LogP contribution in [0.5, 0.6) is 0 Å². The number of hydrogen-bond donors (Lipinski definition) is 2. The average molecular weight is 688 g/mol. The molecule has 0 fully saturated rings. The van der Waals surface area contributed by atoms with Crippen LogP contribution in [0.15, 0.2) is 83.8 Å². The Hall–Kier alpha value is -3.21. The van der Waals surface area contributed by atoms with Gasteiger partial charge in [0.05, 0.1) is 22.6 Å². The fourth-order valence-corrected chi connectivity index (χ4v) is 7.62. The van der Waals surface area contributed by atoms with Crippen molar-refractivity contribution in [1.29, 1.82) is 0 Å². The van der Waals surface area contributed by atoms with Crippen molar-refractivity contribution in [2.24, 2.45) is 11.8 Å². The van der Waals surface area contributed by atoms with Gasteiger partial charge in [-0.2, -0.15) is 13.2 Å². The van der Waals surface area contributed by atoms with Crippen LogP contribution < -0.4 is 10.0 Å². The summed E-state index contributed by atoms with van der Waals surface area (Å²) in [7, 11) is -4.44. The molecule has 6 nitrogen and oxygen atoms in total. The average Bonchev–Trinajstić information content (AvgIpc) is 3.00. The highest BCUT2D eigenvalue weighted by molar-refractivity contribution is 7.93. The van der Waals surface area contributed by atoms with Crippen molar-refractivity contribution in [3.63, 3.8) is 0 Å². The number of carbonyl (C=O) groups is 1. The van der Waals surface area contributed by atoms with E-state index in [4.69, 9.17) is 0 Å². The molecule has 2 aromatic rings. The monoisotopic (exact) mass is 687 g/mol. The number of nitrogens with zero attached hydrogens (tertiary/aromatic N) is 1. The van der Waals surface area contributed by atoms with Gasteiger partial charge in [0.25, 0.3) is 0 Å². The van der Waals surface area contributed by atoms with Crippen LogP contribution >= 0.6 is 0 Å². The Morgan fingerprint density at radius 2 is 1.73 bits per heavy atom. The van der Waals surface area contributed by atoms with Gasteiger partial charge in [-0.3, -0.25) is 4.79 Å². The van der Waals surface area contributed by atoms with Gasteiger partial charge in [-0.15, -0.1) is 0 Å². The van der Waals surface area contributed by atoms with Crippen LogP contribution in [-0.2, 0) is 27.7 Å². The molecule has 1 aliphatic carbocycles. The van der Waals surface area contributed by atoms with E-state index in [1.807, 2.05) is 0 Å². The second-order valence-electron chi connectivity index (χ2n) is 13.5. The Morgan fingerprint density at radius 1 is 1.06 bits per heavy atom. The summed E-state index contributed by atoms with van der Waals surface area (Å²) in [5.74, 6) is 0.891. The Bertz CT molecular complexity index is 1520. The van der Waals surface area contributed by atoms with E-state index >= 15 is 0 Å². The number of aryl methyl sites for hydroxylation is 2. The maximum atomic E-state index is 13.5. The van der Waals surface area contributed by atoms with Gasteiger partial charge < -0.3 is 10.2 Å². The maximum Gasteiger partial charge on any atom is 0.416 e. The predicted octanol–water partition coefficient (Wildman–Crippen LogP) is 8.36. The Morgan fingerprint density at radius 3 is 2.31 bits per heavy atom. The first kappa shape index (κ1) is 39.2. The number of fused-ring (bicyclic) bond motifs is 1. The lowest BCUT2D eigenvalue weighted by molar-refractivity contribution is -0.122. The topological polar surface area (TPSA) is 78.5 Å². The lowest BCUT2D eigenvalue weighted by Crippen LogP contribution is -2.36. The van der Waals surface area contributed by atoms with Gasteiger partial charge in [-0.05, 0) is 85.7 Å². The lowest BCUT2D eigenvalue weighted by Gasteiger charge is -2.28. The van der Waals surface area contributed by atoms with E-state index < -0.39 is 32.7 Å². The third kappa shape index (κ3) is 12.0. The maximum absolute atomic E-state index is 13.5. The van der Waals surface area contributed by atoms with Crippen molar-refractivity contribution in [2.75, 3.05) is 19.6 Å². The highest BCUT2D eigenvalue weighted by Crippen LogP contribution is 2.32. The van der Waals surface area contributed by atoms with Gasteiger partial charge >= 0.3 is 6.18 Å². The summed E-state index contributed by atoms with van der Waals surface area (Å²) in [6.45, 7) is 16.8. The standard InChI is InChI=1S/C38H52F3N3O3S/c1-7-32(38(39,40)41)23-33(8-2)48(46,47)43-36(30-15-10-9-11-16-30)24-37(45)42-35-18-12-17-31-22-29(19-20-34(31)35)14-13-21-44(25-27(3)4)26-28(5)6/h7-11,15-16,19-20,22-23,27-28,35-36,43H,1,12-14,17-18,21,24-26H2,2-6H3,(H,42,45)/t35-,36-/m1/s1. The van der Waals surface area contributed by atoms with E-state index in [1.54, 1.807) is 30.3 Å². The molecule has 0 unspecified atom stereocenters. The molecule has 0 aliphatic heterocycles. The van der Waals surface area contributed by atoms with Crippen LogP contribution in [0.4, 0.5) is 13.2 Å². The summed E-state index contributed by atoms with van der Waals surface area (Å²) < 4.78 is 69.3. The third-order valence-corrected chi connectivity index (χ3v) is 9.94. The van der Waals surface area contributed by atoms with Crippen LogP contribution in [0.1, 0.15) is 94.6 Å². The molecular weight excluding hydrogens is 635 g/mol. The van der Waals surface area contributed by atoms with Gasteiger partial charge in [0.2, 0.25) is 15.9 Å². The number of amides is 1. The van der Waals surface area contributed by atoms with Crippen LogP contribution in [0.3, 0.4) is 0 Å². The molecule has 264 valence electrons. The summed E-state index contributed by atoms with van der Waals surface area (Å²) in [5, 5.41) is 3.11. The molecule has 0 aromatic heterocycles. The SMILES string of the molecule is C=CC(=CC(=CC)S(=O)(=O)N[C@H](CC(=O)N[C@@H]1CCCc2cc(CCCN(CC(C)C)CC(C)C)ccc21)c1ccccc1)C(F)(F)F. The number of carbonyl (C=O) groups excluding carboxylic acids is 1. The number of nitrogens with one attached hydrogen (secondary N) is 2. The quantitative estimate of drug-likeness (QED) is 0.164. The Kier molecular flexibility index (Phi) is 14.7. The van der Waals surface area contributed by atoms with Crippen molar-refractivity contribution >= 4 is 15.9 Å². The molecule has 0 heterocycles. The summed E-state index contributed by atoms with van der Waals surface area (Å²) in [6.07, 6.45) is 1.84. The molecule has 2 aromatic carbocycles. The molecule has 0 radical (unpaired) electrons. The molecule has 1 aliphatic rings. The minimum absolute atomic E-state index is 0.216. The number of halogens is 3. The second kappa shape index (κ2) is 18.0. The highest BCUT2D eigenvalue weighted by Gasteiger charge is 2.33. The van der Waals surface area contributed by atoms with E-state index in [0.29, 0.717) is 29.6 Å². The first-order chi connectivity index (χ1) is 22.6. The first-order valence-electron chi connectivity index (χ1n) is 16.9. The fourth-order valence-electron chi connectivity index (χ4n) is 6.30. The molecule has 0 saturated heterocycles. The number of hydrogen-bond acceptors (Lipinski definition) is 4. The van der Waals surface area contributed by atoms with E-state index in [-0.39, 0.29) is 18.4 Å². The molecule has 2 atom stereocenters. The number of benzene rings is 2. The third-order valence-electron chi connectivity index (χ3n) is 8.37. The molecule has 1 amide bonds. The van der Waals surface area contributed by atoms with Crippen molar-refractivity contribution in [1.82, 2.24) is 14.9 Å². The van der Waals surface area contributed by atoms with E-state index in [9.17, 15) is 26.4 Å². The zero-order valence-electron chi connectivity index (χ0n) is 28.9. The summed E-state index contributed by atoms with van der Waals surface area (Å²) in [4.78, 5) is 15.5. The summed E-state index contributed by atoms with van der Waals surface area (Å²) >= 11 is 0. The van der Waals surface area contributed by atoms with Crippen molar-refractivity contribution < 1.29 is 26.4 Å². The van der Waals surface area contributed by atoms with Crippen LogP contribution in [0, 0.1) is 11.8 Å². The largest absolute Gasteiger partial charge is 0.416 e. The number of rotatable bonds is 17. The fraction of sp³-hybridized carbons (Fsp3) is 0.500. The van der Waals surface area contributed by atoms with Gasteiger partial charge in [-0.1, -0.05) is 95.0 Å². The van der Waals surface area contributed by atoms with Crippen LogP contribution in [0.25, 0.3) is 0 Å². The molecule has 0 bridgehead atoms. The number of allylic oxidation sites excluding steroid dienone is 4. The molecule has 0 spiro atoms. The van der Waals surface area contributed by atoms with Gasteiger partial charge in [0, 0.05) is 19.5 Å². The van der Waals surface area contributed by atoms with E-state index in [2.05, 4.69) is 67.4 Å². The Balaban J connectivity index is 1.73. The van der Waals surface area contributed by atoms with Crippen LogP contribution in [-0.4, -0.2) is 45.0 Å². The molecule has 3 rings (SSSR count). The smallest absolute Gasteiger partial charge is 0.349 e. The van der Waals surface area contributed by atoms with Crippen molar-refractivity contribution in [3.05, 3.63) is 106 Å². The highest BCUT2D eigenvalue weighted by atomic mass is 32.2. The van der Waals surface area contributed by atoms with Gasteiger partial charge in [0.15, 0.2) is 0 Å².